The molecule has 1 aromatic heterocycles. The molecule has 2 heterocycles. The smallest absolute Gasteiger partial charge is 0.232 e. The number of carbonyl (C=O) groups excluding carboxylic acids is 1. The number of benzene rings is 1. The summed E-state index contributed by atoms with van der Waals surface area (Å²) in [6.45, 7) is 2.36. The molecule has 3 rings (SSSR count). The molecule has 0 saturated carbocycles. The predicted octanol–water partition coefficient (Wildman–Crippen LogP) is 2.24. The minimum atomic E-state index is 0.00562. The van der Waals surface area contributed by atoms with Gasteiger partial charge in [-0.15, -0.1) is 5.10 Å². The van der Waals surface area contributed by atoms with Crippen molar-refractivity contribution in [1.29, 1.82) is 0 Å². The number of halogens is 1. The Balaban J connectivity index is 1.39. The summed E-state index contributed by atoms with van der Waals surface area (Å²) in [5.74, 6) is 1.06. The third-order valence-electron chi connectivity index (χ3n) is 4.16. The van der Waals surface area contributed by atoms with Gasteiger partial charge in [-0.25, -0.2) is 4.68 Å². The number of hydrogen-bond acceptors (Lipinski definition) is 7. The Hall–Kier alpha value is -1.65. The van der Waals surface area contributed by atoms with Crippen LogP contribution in [0.5, 0.6) is 5.75 Å². The van der Waals surface area contributed by atoms with Crippen LogP contribution in [-0.4, -0.2) is 69.7 Å². The second-order valence-corrected chi connectivity index (χ2v) is 8.04. The van der Waals surface area contributed by atoms with Crippen LogP contribution in [0.1, 0.15) is 12.8 Å². The van der Waals surface area contributed by atoms with Crippen molar-refractivity contribution in [2.45, 2.75) is 30.6 Å². The summed E-state index contributed by atoms with van der Waals surface area (Å²) in [6, 6.07) is 7.61. The number of ether oxygens (including phenoxy) is 2. The molecule has 1 atom stereocenters. The largest absolute Gasteiger partial charge is 0.492 e. The van der Waals surface area contributed by atoms with Crippen LogP contribution >= 0.6 is 27.7 Å². The van der Waals surface area contributed by atoms with Crippen LogP contribution in [0.3, 0.4) is 0 Å². The highest BCUT2D eigenvalue weighted by atomic mass is 79.9. The Morgan fingerprint density at radius 1 is 1.44 bits per heavy atom. The van der Waals surface area contributed by atoms with E-state index < -0.39 is 0 Å². The maximum absolute atomic E-state index is 12.3. The lowest BCUT2D eigenvalue weighted by molar-refractivity contribution is -0.127. The predicted molar refractivity (Wildman–Crippen MR) is 105 cm³/mol. The van der Waals surface area contributed by atoms with Gasteiger partial charge in [-0.3, -0.25) is 4.79 Å². The Labute approximate surface area is 170 Å². The fraction of sp³-hybridized carbons (Fsp3) is 0.529. The van der Waals surface area contributed by atoms with Gasteiger partial charge in [0.05, 0.1) is 24.9 Å². The van der Waals surface area contributed by atoms with E-state index in [1.807, 2.05) is 24.3 Å². The third kappa shape index (κ3) is 6.18. The average Bonchev–Trinajstić information content (AvgIpc) is 3.33. The molecule has 1 aliphatic rings. The first-order chi connectivity index (χ1) is 13.1. The summed E-state index contributed by atoms with van der Waals surface area (Å²) in [5, 5.41) is 12.4. The number of nitrogens with zero attached hydrogens (tertiary/aromatic N) is 5. The van der Waals surface area contributed by atoms with Crippen LogP contribution < -0.4 is 4.74 Å². The Morgan fingerprint density at radius 2 is 2.26 bits per heavy atom. The third-order valence-corrected chi connectivity index (χ3v) is 5.63. The van der Waals surface area contributed by atoms with E-state index in [1.165, 1.54) is 11.8 Å². The van der Waals surface area contributed by atoms with Gasteiger partial charge in [-0.1, -0.05) is 27.7 Å². The van der Waals surface area contributed by atoms with Crippen molar-refractivity contribution in [3.8, 4) is 5.75 Å². The quantitative estimate of drug-likeness (QED) is 0.536. The fourth-order valence-corrected chi connectivity index (χ4v) is 3.68. The van der Waals surface area contributed by atoms with Gasteiger partial charge in [0.1, 0.15) is 12.4 Å². The summed E-state index contributed by atoms with van der Waals surface area (Å²) < 4.78 is 14.0. The Morgan fingerprint density at radius 3 is 3.00 bits per heavy atom. The number of hydrogen-bond donors (Lipinski definition) is 0. The molecule has 8 nitrogen and oxygen atoms in total. The van der Waals surface area contributed by atoms with Crippen LogP contribution in [0.4, 0.5) is 0 Å². The molecule has 0 aliphatic carbocycles. The lowest BCUT2D eigenvalue weighted by Gasteiger charge is -2.17. The van der Waals surface area contributed by atoms with Crippen molar-refractivity contribution in [3.63, 3.8) is 0 Å². The maximum atomic E-state index is 12.3. The van der Waals surface area contributed by atoms with Crippen molar-refractivity contribution in [2.75, 3.05) is 32.6 Å². The summed E-state index contributed by atoms with van der Waals surface area (Å²) in [4.78, 5) is 14.0. The number of likely N-dealkylation sites (N-methyl/N-ethyl adjacent to an activating group) is 1. The fourth-order valence-electron chi connectivity index (χ4n) is 2.59. The van der Waals surface area contributed by atoms with Crippen LogP contribution in [0.15, 0.2) is 33.9 Å². The van der Waals surface area contributed by atoms with E-state index in [4.69, 9.17) is 9.47 Å². The second kappa shape index (κ2) is 10.0. The molecule has 1 amide bonds. The monoisotopic (exact) mass is 455 g/mol. The Kier molecular flexibility index (Phi) is 7.48. The molecular weight excluding hydrogens is 434 g/mol. The highest BCUT2D eigenvalue weighted by Gasteiger charge is 2.19. The lowest BCUT2D eigenvalue weighted by Crippen LogP contribution is -2.32. The molecule has 10 heteroatoms. The standard InChI is InChI=1S/C17H22BrN5O3S/c1-22(8-10-26-14-6-4-13(18)5-7-14)16(24)12-27-17-19-20-21-23(17)11-15-3-2-9-25-15/h4-7,15H,2-3,8-12H2,1H3/t15-/m1/s1. The minimum absolute atomic E-state index is 0.00562. The van der Waals surface area contributed by atoms with Gasteiger partial charge in [0.15, 0.2) is 0 Å². The first kappa shape index (κ1) is 20.1. The summed E-state index contributed by atoms with van der Waals surface area (Å²) in [6.07, 6.45) is 2.24. The van der Waals surface area contributed by atoms with E-state index >= 15 is 0 Å². The van der Waals surface area contributed by atoms with Crippen molar-refractivity contribution in [1.82, 2.24) is 25.1 Å². The number of amides is 1. The molecule has 1 aromatic carbocycles. The molecule has 0 spiro atoms. The van der Waals surface area contributed by atoms with Gasteiger partial charge in [-0.05, 0) is 47.5 Å². The SMILES string of the molecule is CN(CCOc1ccc(Br)cc1)C(=O)CSc1nnnn1C[C@H]1CCCO1. The van der Waals surface area contributed by atoms with E-state index in [2.05, 4.69) is 31.5 Å². The van der Waals surface area contributed by atoms with Gasteiger partial charge >= 0.3 is 0 Å². The van der Waals surface area contributed by atoms with Crippen LogP contribution in [-0.2, 0) is 16.1 Å². The first-order valence-corrected chi connectivity index (χ1v) is 10.5. The van der Waals surface area contributed by atoms with Gasteiger partial charge < -0.3 is 14.4 Å². The lowest BCUT2D eigenvalue weighted by atomic mass is 10.2. The van der Waals surface area contributed by atoms with E-state index in [1.54, 1.807) is 16.6 Å². The maximum Gasteiger partial charge on any atom is 0.232 e. The molecule has 1 saturated heterocycles. The number of thioether (sulfide) groups is 1. The molecule has 1 aliphatic heterocycles. The Bertz CT molecular complexity index is 736. The number of carbonyl (C=O) groups is 1. The zero-order valence-electron chi connectivity index (χ0n) is 15.1. The van der Waals surface area contributed by atoms with Crippen LogP contribution in [0.2, 0.25) is 0 Å². The van der Waals surface area contributed by atoms with Gasteiger partial charge in [0.25, 0.3) is 0 Å². The van der Waals surface area contributed by atoms with Crippen LogP contribution in [0, 0.1) is 0 Å². The average molecular weight is 456 g/mol. The van der Waals surface area contributed by atoms with E-state index in [9.17, 15) is 4.79 Å². The van der Waals surface area contributed by atoms with Crippen LogP contribution in [0.25, 0.3) is 0 Å². The highest BCUT2D eigenvalue weighted by Crippen LogP contribution is 2.19. The number of tetrazole rings is 1. The van der Waals surface area contributed by atoms with Crippen molar-refractivity contribution in [3.05, 3.63) is 28.7 Å². The molecule has 0 unspecified atom stereocenters. The van der Waals surface area contributed by atoms with E-state index in [0.29, 0.717) is 24.9 Å². The summed E-state index contributed by atoms with van der Waals surface area (Å²) in [7, 11) is 1.77. The molecule has 27 heavy (non-hydrogen) atoms. The van der Waals surface area contributed by atoms with Gasteiger partial charge in [0, 0.05) is 18.1 Å². The summed E-state index contributed by atoms with van der Waals surface area (Å²) in [5.41, 5.74) is 0. The van der Waals surface area contributed by atoms with Crippen molar-refractivity contribution >= 4 is 33.6 Å². The molecule has 146 valence electrons. The molecule has 2 aromatic rings. The molecule has 1 fully saturated rings. The van der Waals surface area contributed by atoms with Crippen molar-refractivity contribution < 1.29 is 14.3 Å². The normalized spacial score (nSPS) is 16.4. The van der Waals surface area contributed by atoms with Gasteiger partial charge in [0.2, 0.25) is 11.1 Å². The molecular formula is C17H22BrN5O3S. The van der Waals surface area contributed by atoms with Gasteiger partial charge in [-0.2, -0.15) is 0 Å². The first-order valence-electron chi connectivity index (χ1n) is 8.74. The van der Waals surface area contributed by atoms with E-state index in [-0.39, 0.29) is 17.8 Å². The molecule has 0 radical (unpaired) electrons. The second-order valence-electron chi connectivity index (χ2n) is 6.18. The zero-order chi connectivity index (χ0) is 19.1. The summed E-state index contributed by atoms with van der Waals surface area (Å²) >= 11 is 4.72. The number of rotatable bonds is 9. The molecule has 0 bridgehead atoms. The van der Waals surface area contributed by atoms with E-state index in [0.717, 1.165) is 29.7 Å². The topological polar surface area (TPSA) is 82.4 Å². The van der Waals surface area contributed by atoms with Crippen molar-refractivity contribution in [2.24, 2.45) is 0 Å². The highest BCUT2D eigenvalue weighted by molar-refractivity contribution is 9.10. The zero-order valence-corrected chi connectivity index (χ0v) is 17.5. The number of aromatic nitrogens is 4. The minimum Gasteiger partial charge on any atom is -0.492 e. The molecule has 0 N–H and O–H groups in total.